The Morgan fingerprint density at radius 2 is 1.69 bits per heavy atom. The van der Waals surface area contributed by atoms with E-state index in [4.69, 9.17) is 4.98 Å². The standard InChI is InChI=1S/C27H20FN3O/c28-20-13-10-18(11-14-20)12-15-25(32)29-17-21-16-23-22-8-4-5-9-24(22)31-27(23)26(30-21)19-6-2-1-3-7-19/h1-16,31H,17H2,(H,29,32)/b15-12+. The van der Waals surface area contributed by atoms with Crippen LogP contribution in [-0.2, 0) is 11.3 Å². The summed E-state index contributed by atoms with van der Waals surface area (Å²) in [5, 5.41) is 5.08. The summed E-state index contributed by atoms with van der Waals surface area (Å²) >= 11 is 0. The molecule has 0 fully saturated rings. The van der Waals surface area contributed by atoms with E-state index in [9.17, 15) is 9.18 Å². The summed E-state index contributed by atoms with van der Waals surface area (Å²) in [6, 6.07) is 26.1. The maximum atomic E-state index is 13.0. The van der Waals surface area contributed by atoms with Gasteiger partial charge in [-0.05, 0) is 35.9 Å². The molecule has 32 heavy (non-hydrogen) atoms. The summed E-state index contributed by atoms with van der Waals surface area (Å²) in [6.07, 6.45) is 3.09. The van der Waals surface area contributed by atoms with E-state index in [0.717, 1.165) is 44.3 Å². The average molecular weight is 421 g/mol. The molecule has 0 saturated carbocycles. The smallest absolute Gasteiger partial charge is 0.244 e. The third-order valence-corrected chi connectivity index (χ3v) is 5.34. The first-order valence-electron chi connectivity index (χ1n) is 10.3. The summed E-state index contributed by atoms with van der Waals surface area (Å²) in [7, 11) is 0. The number of aromatic amines is 1. The first kappa shape index (κ1) is 19.7. The van der Waals surface area contributed by atoms with Crippen molar-refractivity contribution in [3.05, 3.63) is 108 Å². The average Bonchev–Trinajstić information content (AvgIpc) is 3.21. The number of hydrogen-bond donors (Lipinski definition) is 2. The zero-order chi connectivity index (χ0) is 21.9. The number of rotatable bonds is 5. The highest BCUT2D eigenvalue weighted by Gasteiger charge is 2.13. The predicted molar refractivity (Wildman–Crippen MR) is 126 cm³/mol. The normalized spacial score (nSPS) is 11.4. The maximum Gasteiger partial charge on any atom is 0.244 e. The lowest BCUT2D eigenvalue weighted by molar-refractivity contribution is -0.116. The molecule has 0 radical (unpaired) electrons. The largest absolute Gasteiger partial charge is 0.353 e. The zero-order valence-corrected chi connectivity index (χ0v) is 17.2. The second-order valence-corrected chi connectivity index (χ2v) is 7.52. The molecule has 0 aliphatic rings. The van der Waals surface area contributed by atoms with Gasteiger partial charge in [-0.25, -0.2) is 9.37 Å². The third-order valence-electron chi connectivity index (χ3n) is 5.34. The van der Waals surface area contributed by atoms with E-state index in [0.29, 0.717) is 6.54 Å². The van der Waals surface area contributed by atoms with Crippen molar-refractivity contribution in [1.82, 2.24) is 15.3 Å². The quantitative estimate of drug-likeness (QED) is 0.350. The number of carbonyl (C=O) groups excluding carboxylic acids is 1. The van der Waals surface area contributed by atoms with Crippen LogP contribution in [0.4, 0.5) is 4.39 Å². The van der Waals surface area contributed by atoms with Gasteiger partial charge in [-0.3, -0.25) is 4.79 Å². The van der Waals surface area contributed by atoms with Crippen LogP contribution in [0.3, 0.4) is 0 Å². The van der Waals surface area contributed by atoms with Crippen molar-refractivity contribution < 1.29 is 9.18 Å². The number of hydrogen-bond acceptors (Lipinski definition) is 2. The fourth-order valence-corrected chi connectivity index (χ4v) is 3.78. The van der Waals surface area contributed by atoms with Crippen molar-refractivity contribution in [1.29, 1.82) is 0 Å². The molecule has 2 N–H and O–H groups in total. The van der Waals surface area contributed by atoms with Gasteiger partial charge in [0.2, 0.25) is 5.91 Å². The minimum absolute atomic E-state index is 0.239. The van der Waals surface area contributed by atoms with Crippen molar-refractivity contribution in [3.8, 4) is 11.3 Å². The van der Waals surface area contributed by atoms with E-state index < -0.39 is 0 Å². The van der Waals surface area contributed by atoms with Crippen LogP contribution in [0.5, 0.6) is 0 Å². The van der Waals surface area contributed by atoms with Crippen LogP contribution in [0.15, 0.2) is 91.0 Å². The second kappa shape index (κ2) is 8.47. The fourth-order valence-electron chi connectivity index (χ4n) is 3.78. The number of para-hydroxylation sites is 1. The van der Waals surface area contributed by atoms with Crippen LogP contribution in [0.25, 0.3) is 39.1 Å². The minimum atomic E-state index is -0.306. The molecule has 3 aromatic carbocycles. The molecular formula is C27H20FN3O. The molecule has 4 nitrogen and oxygen atoms in total. The lowest BCUT2D eigenvalue weighted by Gasteiger charge is -2.08. The topological polar surface area (TPSA) is 57.8 Å². The number of halogens is 1. The first-order chi connectivity index (χ1) is 15.7. The molecule has 0 aliphatic carbocycles. The van der Waals surface area contributed by atoms with Gasteiger partial charge in [-0.15, -0.1) is 0 Å². The summed E-state index contributed by atoms with van der Waals surface area (Å²) < 4.78 is 13.0. The van der Waals surface area contributed by atoms with Gasteiger partial charge < -0.3 is 10.3 Å². The molecule has 0 bridgehead atoms. The Balaban J connectivity index is 1.45. The van der Waals surface area contributed by atoms with Gasteiger partial charge in [0.15, 0.2) is 0 Å². The molecular weight excluding hydrogens is 401 g/mol. The molecule has 0 atom stereocenters. The van der Waals surface area contributed by atoms with Crippen LogP contribution < -0.4 is 5.32 Å². The number of aromatic nitrogens is 2. The van der Waals surface area contributed by atoms with Gasteiger partial charge in [-0.1, -0.05) is 60.7 Å². The number of H-pyrrole nitrogens is 1. The van der Waals surface area contributed by atoms with Gasteiger partial charge in [0.05, 0.1) is 23.4 Å². The molecule has 0 unspecified atom stereocenters. The number of nitrogens with zero attached hydrogens (tertiary/aromatic N) is 1. The van der Waals surface area contributed by atoms with Gasteiger partial charge in [0.25, 0.3) is 0 Å². The van der Waals surface area contributed by atoms with Crippen LogP contribution in [0.2, 0.25) is 0 Å². The Hall–Kier alpha value is -4.25. The van der Waals surface area contributed by atoms with Gasteiger partial charge in [0, 0.05) is 27.9 Å². The van der Waals surface area contributed by atoms with Crippen molar-refractivity contribution in [3.63, 3.8) is 0 Å². The Bertz CT molecular complexity index is 1440. The van der Waals surface area contributed by atoms with Crippen molar-refractivity contribution in [2.45, 2.75) is 6.54 Å². The van der Waals surface area contributed by atoms with Crippen LogP contribution in [0, 0.1) is 5.82 Å². The van der Waals surface area contributed by atoms with Gasteiger partial charge in [0.1, 0.15) is 5.82 Å². The second-order valence-electron chi connectivity index (χ2n) is 7.52. The number of benzene rings is 3. The molecule has 5 rings (SSSR count). The Morgan fingerprint density at radius 1 is 0.938 bits per heavy atom. The Kier molecular flexibility index (Phi) is 5.22. The summed E-state index contributed by atoms with van der Waals surface area (Å²) in [6.45, 7) is 0.294. The molecule has 5 aromatic rings. The van der Waals surface area contributed by atoms with E-state index >= 15 is 0 Å². The molecule has 2 heterocycles. The fraction of sp³-hybridized carbons (Fsp3) is 0.0370. The minimum Gasteiger partial charge on any atom is -0.353 e. The Labute approximate surface area is 184 Å². The van der Waals surface area contributed by atoms with E-state index in [1.165, 1.54) is 18.2 Å². The molecule has 0 spiro atoms. The molecule has 2 aromatic heterocycles. The van der Waals surface area contributed by atoms with E-state index in [1.807, 2.05) is 54.6 Å². The van der Waals surface area contributed by atoms with E-state index in [1.54, 1.807) is 18.2 Å². The first-order valence-corrected chi connectivity index (χ1v) is 10.3. The third kappa shape index (κ3) is 4.01. The lowest BCUT2D eigenvalue weighted by Crippen LogP contribution is -2.21. The SMILES string of the molecule is O=C(/C=C/c1ccc(F)cc1)NCc1cc2c([nH]c3ccccc32)c(-c2ccccc2)n1. The highest BCUT2D eigenvalue weighted by Crippen LogP contribution is 2.32. The summed E-state index contributed by atoms with van der Waals surface area (Å²) in [5.74, 6) is -0.545. The van der Waals surface area contributed by atoms with E-state index in [2.05, 4.69) is 16.4 Å². The number of pyridine rings is 1. The number of carbonyl (C=O) groups is 1. The van der Waals surface area contributed by atoms with Crippen LogP contribution in [-0.4, -0.2) is 15.9 Å². The monoisotopic (exact) mass is 421 g/mol. The molecule has 156 valence electrons. The van der Waals surface area contributed by atoms with Crippen LogP contribution >= 0.6 is 0 Å². The predicted octanol–water partition coefficient (Wildman–Crippen LogP) is 5.85. The van der Waals surface area contributed by atoms with Crippen molar-refractivity contribution >= 4 is 33.8 Å². The highest BCUT2D eigenvalue weighted by molar-refractivity contribution is 6.11. The highest BCUT2D eigenvalue weighted by atomic mass is 19.1. The molecule has 1 amide bonds. The number of fused-ring (bicyclic) bond motifs is 3. The lowest BCUT2D eigenvalue weighted by atomic mass is 10.1. The van der Waals surface area contributed by atoms with Gasteiger partial charge in [-0.2, -0.15) is 0 Å². The van der Waals surface area contributed by atoms with Crippen molar-refractivity contribution in [2.75, 3.05) is 0 Å². The van der Waals surface area contributed by atoms with Gasteiger partial charge >= 0.3 is 0 Å². The van der Waals surface area contributed by atoms with E-state index in [-0.39, 0.29) is 11.7 Å². The zero-order valence-electron chi connectivity index (χ0n) is 17.2. The summed E-state index contributed by atoms with van der Waals surface area (Å²) in [4.78, 5) is 20.7. The molecule has 5 heteroatoms. The van der Waals surface area contributed by atoms with Crippen LogP contribution in [0.1, 0.15) is 11.3 Å². The van der Waals surface area contributed by atoms with Crippen molar-refractivity contribution in [2.24, 2.45) is 0 Å². The Morgan fingerprint density at radius 3 is 2.50 bits per heavy atom. The molecule has 0 aliphatic heterocycles. The molecule has 0 saturated heterocycles. The number of amides is 1. The summed E-state index contributed by atoms with van der Waals surface area (Å²) in [5.41, 5.74) is 5.41. The maximum absolute atomic E-state index is 13.0. The number of nitrogens with one attached hydrogen (secondary N) is 2.